The fourth-order valence-electron chi connectivity index (χ4n) is 0.291. The molecule has 50 valence electrons. The van der Waals surface area contributed by atoms with Crippen molar-refractivity contribution in [2.45, 2.75) is 0 Å². The zero-order valence-corrected chi connectivity index (χ0v) is 5.79. The number of rotatable bonds is 3. The van der Waals surface area contributed by atoms with Crippen molar-refractivity contribution < 1.29 is 4.79 Å². The molecule has 0 atom stereocenters. The fraction of sp³-hybridized carbons (Fsp3) is 0.286. The molecular weight excluding hydrogens is 114 g/mol. The van der Waals surface area contributed by atoms with Crippen LogP contribution in [0.25, 0.3) is 0 Å². The molecule has 0 aliphatic carbocycles. The van der Waals surface area contributed by atoms with Gasteiger partial charge >= 0.3 is 0 Å². The van der Waals surface area contributed by atoms with Crippen molar-refractivity contribution >= 4 is 5.78 Å². The summed E-state index contributed by atoms with van der Waals surface area (Å²) in [5.41, 5.74) is 0. The summed E-state index contributed by atoms with van der Waals surface area (Å²) in [7, 11) is 3.71. The predicted molar refractivity (Wildman–Crippen MR) is 38.0 cm³/mol. The second-order valence-corrected chi connectivity index (χ2v) is 1.89. The topological polar surface area (TPSA) is 20.3 Å². The molecule has 0 rings (SSSR count). The molecule has 0 fully saturated rings. The van der Waals surface area contributed by atoms with Gasteiger partial charge in [-0.3, -0.25) is 4.79 Å². The van der Waals surface area contributed by atoms with Gasteiger partial charge in [0.05, 0.1) is 0 Å². The quantitative estimate of drug-likeness (QED) is 0.520. The molecule has 0 spiro atoms. The SMILES string of the molecule is C=CC(=O)C=CN(C)C. The van der Waals surface area contributed by atoms with Crippen molar-refractivity contribution in [2.24, 2.45) is 0 Å². The lowest BCUT2D eigenvalue weighted by Gasteiger charge is -2.00. The molecule has 0 aromatic carbocycles. The first-order valence-corrected chi connectivity index (χ1v) is 2.68. The smallest absolute Gasteiger partial charge is 0.179 e. The average Bonchev–Trinajstić information content (AvgIpc) is 1.83. The molecule has 0 aliphatic heterocycles. The van der Waals surface area contributed by atoms with E-state index in [1.54, 1.807) is 11.1 Å². The standard InChI is InChI=1S/C7H11NO/c1-4-7(9)5-6-8(2)3/h4-6H,1H2,2-3H3. The Morgan fingerprint density at radius 2 is 2.11 bits per heavy atom. The summed E-state index contributed by atoms with van der Waals surface area (Å²) < 4.78 is 0. The average molecular weight is 125 g/mol. The van der Waals surface area contributed by atoms with Gasteiger partial charge in [-0.15, -0.1) is 0 Å². The van der Waals surface area contributed by atoms with Gasteiger partial charge in [0.2, 0.25) is 0 Å². The van der Waals surface area contributed by atoms with E-state index in [1.807, 2.05) is 14.1 Å². The molecule has 0 aromatic rings. The summed E-state index contributed by atoms with van der Waals surface area (Å²) in [4.78, 5) is 12.3. The van der Waals surface area contributed by atoms with Crippen LogP contribution in [0.5, 0.6) is 0 Å². The van der Waals surface area contributed by atoms with Gasteiger partial charge in [0.25, 0.3) is 0 Å². The zero-order chi connectivity index (χ0) is 7.28. The van der Waals surface area contributed by atoms with Gasteiger partial charge < -0.3 is 4.90 Å². The molecule has 2 nitrogen and oxygen atoms in total. The second kappa shape index (κ2) is 3.89. The minimum atomic E-state index is -0.0660. The molecule has 9 heavy (non-hydrogen) atoms. The fourth-order valence-corrected chi connectivity index (χ4v) is 0.291. The first-order valence-electron chi connectivity index (χ1n) is 2.68. The number of ketones is 1. The first kappa shape index (κ1) is 7.95. The van der Waals surface area contributed by atoms with Crippen molar-refractivity contribution in [3.05, 3.63) is 24.9 Å². The lowest BCUT2D eigenvalue weighted by molar-refractivity contribution is -0.110. The van der Waals surface area contributed by atoms with Crippen LogP contribution in [-0.4, -0.2) is 24.8 Å². The number of hydrogen-bond donors (Lipinski definition) is 0. The number of carbonyl (C=O) groups is 1. The van der Waals surface area contributed by atoms with Crippen molar-refractivity contribution in [3.8, 4) is 0 Å². The lowest BCUT2D eigenvalue weighted by atomic mass is 10.4. The monoisotopic (exact) mass is 125 g/mol. The van der Waals surface area contributed by atoms with E-state index in [9.17, 15) is 4.79 Å². The van der Waals surface area contributed by atoms with Crippen molar-refractivity contribution in [1.29, 1.82) is 0 Å². The zero-order valence-electron chi connectivity index (χ0n) is 5.79. The normalized spacial score (nSPS) is 9.56. The maximum atomic E-state index is 10.5. The molecule has 0 unspecified atom stereocenters. The lowest BCUT2D eigenvalue weighted by Crippen LogP contribution is -2.01. The summed E-state index contributed by atoms with van der Waals surface area (Å²) in [6.07, 6.45) is 4.43. The largest absolute Gasteiger partial charge is 0.383 e. The van der Waals surface area contributed by atoms with E-state index in [2.05, 4.69) is 6.58 Å². The summed E-state index contributed by atoms with van der Waals surface area (Å²) in [6.45, 7) is 3.32. The summed E-state index contributed by atoms with van der Waals surface area (Å²) in [5.74, 6) is -0.0660. The number of hydrogen-bond acceptors (Lipinski definition) is 2. The number of carbonyl (C=O) groups excluding carboxylic acids is 1. The van der Waals surface area contributed by atoms with E-state index in [0.717, 1.165) is 0 Å². The van der Waals surface area contributed by atoms with E-state index < -0.39 is 0 Å². The van der Waals surface area contributed by atoms with E-state index in [4.69, 9.17) is 0 Å². The van der Waals surface area contributed by atoms with E-state index in [1.165, 1.54) is 12.2 Å². The molecule has 0 bridgehead atoms. The Hall–Kier alpha value is -1.05. The highest BCUT2D eigenvalue weighted by atomic mass is 16.1. The molecule has 0 heterocycles. The molecule has 0 aromatic heterocycles. The van der Waals surface area contributed by atoms with Gasteiger partial charge in [0, 0.05) is 26.4 Å². The third-order valence-corrected chi connectivity index (χ3v) is 0.738. The Kier molecular flexibility index (Phi) is 3.44. The van der Waals surface area contributed by atoms with Crippen LogP contribution in [0.4, 0.5) is 0 Å². The van der Waals surface area contributed by atoms with Crippen molar-refractivity contribution in [1.82, 2.24) is 4.90 Å². The summed E-state index contributed by atoms with van der Waals surface area (Å²) in [5, 5.41) is 0. The van der Waals surface area contributed by atoms with Crippen LogP contribution in [0.15, 0.2) is 24.9 Å². The Balaban J connectivity index is 3.70. The van der Waals surface area contributed by atoms with Crippen molar-refractivity contribution in [2.75, 3.05) is 14.1 Å². The van der Waals surface area contributed by atoms with Crippen LogP contribution in [0, 0.1) is 0 Å². The number of nitrogens with zero attached hydrogens (tertiary/aromatic N) is 1. The van der Waals surface area contributed by atoms with Crippen LogP contribution in [0.2, 0.25) is 0 Å². The highest BCUT2D eigenvalue weighted by molar-refractivity contribution is 5.98. The molecule has 2 heteroatoms. The van der Waals surface area contributed by atoms with E-state index >= 15 is 0 Å². The maximum Gasteiger partial charge on any atom is 0.179 e. The molecular formula is C7H11NO. The van der Waals surface area contributed by atoms with Crippen LogP contribution in [0.1, 0.15) is 0 Å². The summed E-state index contributed by atoms with van der Waals surface area (Å²) >= 11 is 0. The molecule has 0 saturated carbocycles. The first-order chi connectivity index (χ1) is 4.16. The number of allylic oxidation sites excluding steroid dienone is 2. The summed E-state index contributed by atoms with van der Waals surface area (Å²) in [6, 6.07) is 0. The minimum Gasteiger partial charge on any atom is -0.383 e. The molecule has 0 aliphatic rings. The molecule has 0 amide bonds. The van der Waals surface area contributed by atoms with Crippen molar-refractivity contribution in [3.63, 3.8) is 0 Å². The molecule has 0 N–H and O–H groups in total. The predicted octanol–water partition coefficient (Wildman–Crippen LogP) is 0.817. The van der Waals surface area contributed by atoms with Gasteiger partial charge in [-0.25, -0.2) is 0 Å². The Bertz CT molecular complexity index is 136. The minimum absolute atomic E-state index is 0.0660. The Labute approximate surface area is 55.5 Å². The molecule has 0 saturated heterocycles. The van der Waals surface area contributed by atoms with Gasteiger partial charge in [-0.05, 0) is 6.08 Å². The van der Waals surface area contributed by atoms with Gasteiger partial charge in [0.1, 0.15) is 0 Å². The Morgan fingerprint density at radius 1 is 1.56 bits per heavy atom. The highest BCUT2D eigenvalue weighted by Crippen LogP contribution is 1.79. The van der Waals surface area contributed by atoms with Gasteiger partial charge in [-0.1, -0.05) is 6.58 Å². The van der Waals surface area contributed by atoms with E-state index in [0.29, 0.717) is 0 Å². The Morgan fingerprint density at radius 3 is 2.44 bits per heavy atom. The highest BCUT2D eigenvalue weighted by Gasteiger charge is 1.83. The maximum absolute atomic E-state index is 10.5. The van der Waals surface area contributed by atoms with E-state index in [-0.39, 0.29) is 5.78 Å². The third-order valence-electron chi connectivity index (χ3n) is 0.738. The van der Waals surface area contributed by atoms with Gasteiger partial charge in [-0.2, -0.15) is 0 Å². The van der Waals surface area contributed by atoms with Crippen LogP contribution in [0.3, 0.4) is 0 Å². The molecule has 0 radical (unpaired) electrons. The third kappa shape index (κ3) is 4.81. The van der Waals surface area contributed by atoms with Gasteiger partial charge in [0.15, 0.2) is 5.78 Å². The second-order valence-electron chi connectivity index (χ2n) is 1.89. The van der Waals surface area contributed by atoms with Crippen LogP contribution >= 0.6 is 0 Å². The van der Waals surface area contributed by atoms with Crippen LogP contribution < -0.4 is 0 Å². The van der Waals surface area contributed by atoms with Crippen LogP contribution in [-0.2, 0) is 4.79 Å².